The van der Waals surface area contributed by atoms with Gasteiger partial charge in [0, 0.05) is 37.2 Å². The molecule has 2 N–H and O–H groups in total. The highest BCUT2D eigenvalue weighted by atomic mass is 35.5. The molecule has 1 aliphatic heterocycles. The highest BCUT2D eigenvalue weighted by Crippen LogP contribution is 2.22. The third-order valence-electron chi connectivity index (χ3n) is 5.42. The summed E-state index contributed by atoms with van der Waals surface area (Å²) in [5.41, 5.74) is 0.654. The molecule has 174 valence electrons. The molecule has 0 aliphatic carbocycles. The number of nitrogens with zero attached hydrogens (tertiary/aromatic N) is 3. The summed E-state index contributed by atoms with van der Waals surface area (Å²) in [6.45, 7) is 1.32. The Hall–Kier alpha value is -2.98. The first kappa shape index (κ1) is 23.2. The first-order valence-corrected chi connectivity index (χ1v) is 12.5. The number of aromatic nitrogens is 3. The summed E-state index contributed by atoms with van der Waals surface area (Å²) in [5.74, 6) is 0.906. The van der Waals surface area contributed by atoms with Crippen molar-refractivity contribution in [1.29, 1.82) is 0 Å². The van der Waals surface area contributed by atoms with E-state index in [1.807, 2.05) is 0 Å². The fraction of sp³-hybridized carbons (Fsp3) is 0.318. The van der Waals surface area contributed by atoms with E-state index in [1.165, 1.54) is 30.7 Å². The van der Waals surface area contributed by atoms with E-state index in [2.05, 4.69) is 24.8 Å². The number of sulfonamides is 1. The summed E-state index contributed by atoms with van der Waals surface area (Å²) in [4.78, 5) is 12.3. The Bertz CT molecular complexity index is 1260. The normalized spacial score (nSPS) is 13.8. The van der Waals surface area contributed by atoms with Crippen LogP contribution in [-0.2, 0) is 29.4 Å². The molecule has 4 rings (SSSR count). The molecule has 0 spiro atoms. The Labute approximate surface area is 196 Å². The average Bonchev–Trinajstić information content (AvgIpc) is 3.01. The van der Waals surface area contributed by atoms with Gasteiger partial charge in [-0.1, -0.05) is 18.0 Å². The number of halogens is 2. The molecule has 0 unspecified atom stereocenters. The highest BCUT2D eigenvalue weighted by Gasteiger charge is 2.17. The number of hydrogen-bond acceptors (Lipinski definition) is 5. The van der Waals surface area contributed by atoms with Crippen molar-refractivity contribution in [3.8, 4) is 0 Å². The lowest BCUT2D eigenvalue weighted by molar-refractivity contribution is 0.0954. The second-order valence-electron chi connectivity index (χ2n) is 7.76. The lowest BCUT2D eigenvalue weighted by atomic mass is 10.2. The number of rotatable bonds is 7. The van der Waals surface area contributed by atoms with Gasteiger partial charge in [-0.15, -0.1) is 10.2 Å². The Kier molecular flexibility index (Phi) is 6.94. The molecule has 1 aromatic heterocycles. The molecule has 11 heteroatoms. The van der Waals surface area contributed by atoms with E-state index in [1.54, 1.807) is 0 Å². The zero-order valence-corrected chi connectivity index (χ0v) is 19.3. The topological polar surface area (TPSA) is 106 Å². The second-order valence-corrected chi connectivity index (χ2v) is 9.85. The van der Waals surface area contributed by atoms with Gasteiger partial charge in [0.15, 0.2) is 0 Å². The van der Waals surface area contributed by atoms with Crippen molar-refractivity contribution in [2.75, 3.05) is 11.3 Å². The van der Waals surface area contributed by atoms with Gasteiger partial charge in [-0.05, 0) is 55.3 Å². The third-order valence-corrected chi connectivity index (χ3v) is 7.09. The van der Waals surface area contributed by atoms with E-state index >= 15 is 0 Å². The van der Waals surface area contributed by atoms with Gasteiger partial charge < -0.3 is 9.88 Å². The molecule has 0 radical (unpaired) electrons. The summed E-state index contributed by atoms with van der Waals surface area (Å²) in [6.07, 6.45) is 4.93. The van der Waals surface area contributed by atoms with Gasteiger partial charge in [0.25, 0.3) is 15.9 Å². The van der Waals surface area contributed by atoms with Crippen molar-refractivity contribution in [2.24, 2.45) is 0 Å². The highest BCUT2D eigenvalue weighted by molar-refractivity contribution is 7.92. The lowest BCUT2D eigenvalue weighted by Gasteiger charge is -2.10. The van der Waals surface area contributed by atoms with Crippen LogP contribution >= 0.6 is 11.6 Å². The van der Waals surface area contributed by atoms with E-state index < -0.39 is 15.8 Å². The van der Waals surface area contributed by atoms with Crippen LogP contribution in [0, 0.1) is 5.82 Å². The smallest absolute Gasteiger partial charge is 0.261 e. The summed E-state index contributed by atoms with van der Waals surface area (Å²) in [7, 11) is -3.95. The first-order chi connectivity index (χ1) is 15.8. The number of hydrogen-bond donors (Lipinski definition) is 2. The van der Waals surface area contributed by atoms with Crippen LogP contribution in [-0.4, -0.2) is 35.6 Å². The van der Waals surface area contributed by atoms with Crippen LogP contribution in [0.15, 0.2) is 47.4 Å². The molecule has 1 amide bonds. The number of carbonyl (C=O) groups is 1. The van der Waals surface area contributed by atoms with Crippen molar-refractivity contribution >= 4 is 33.2 Å². The Morgan fingerprint density at radius 2 is 1.88 bits per heavy atom. The lowest BCUT2D eigenvalue weighted by Crippen LogP contribution is -2.26. The molecule has 0 atom stereocenters. The van der Waals surface area contributed by atoms with Crippen LogP contribution in [0.25, 0.3) is 0 Å². The summed E-state index contributed by atoms with van der Waals surface area (Å²) in [6, 6.07) is 9.16. The van der Waals surface area contributed by atoms with Crippen LogP contribution in [0.4, 0.5) is 10.1 Å². The van der Waals surface area contributed by atoms with Crippen molar-refractivity contribution < 1.29 is 17.6 Å². The van der Waals surface area contributed by atoms with Crippen LogP contribution in [0.1, 0.15) is 41.3 Å². The predicted octanol–water partition coefficient (Wildman–Crippen LogP) is 3.57. The number of aryl methyl sites for hydroxylation is 1. The van der Waals surface area contributed by atoms with E-state index in [0.717, 1.165) is 55.7 Å². The second kappa shape index (κ2) is 9.88. The molecule has 3 aromatic rings. The molecule has 0 saturated carbocycles. The Morgan fingerprint density at radius 1 is 1.09 bits per heavy atom. The van der Waals surface area contributed by atoms with Crippen LogP contribution in [0.5, 0.6) is 0 Å². The zero-order valence-electron chi connectivity index (χ0n) is 17.7. The molecule has 8 nitrogen and oxygen atoms in total. The quantitative estimate of drug-likeness (QED) is 0.525. The van der Waals surface area contributed by atoms with Gasteiger partial charge in [-0.2, -0.15) is 0 Å². The fourth-order valence-corrected chi connectivity index (χ4v) is 5.00. The van der Waals surface area contributed by atoms with E-state index in [4.69, 9.17) is 11.6 Å². The number of benzene rings is 2. The average molecular weight is 492 g/mol. The maximum absolute atomic E-state index is 13.3. The van der Waals surface area contributed by atoms with Gasteiger partial charge in [0.1, 0.15) is 17.5 Å². The minimum absolute atomic E-state index is 0.165. The number of anilines is 1. The van der Waals surface area contributed by atoms with Gasteiger partial charge in [0.05, 0.1) is 9.92 Å². The fourth-order valence-electron chi connectivity index (χ4n) is 3.67. The van der Waals surface area contributed by atoms with Gasteiger partial charge in [-0.25, -0.2) is 12.8 Å². The molecule has 0 fully saturated rings. The minimum Gasteiger partial charge on any atom is -0.352 e. The predicted molar refractivity (Wildman–Crippen MR) is 122 cm³/mol. The van der Waals surface area contributed by atoms with E-state index in [-0.39, 0.29) is 21.5 Å². The van der Waals surface area contributed by atoms with Crippen molar-refractivity contribution in [1.82, 2.24) is 20.1 Å². The number of amides is 1. The van der Waals surface area contributed by atoms with Crippen molar-refractivity contribution in [2.45, 2.75) is 43.5 Å². The summed E-state index contributed by atoms with van der Waals surface area (Å²) >= 11 is 5.67. The maximum Gasteiger partial charge on any atom is 0.261 e. The third kappa shape index (κ3) is 5.51. The standard InChI is InChI=1S/C22H23ClFN5O3S/c23-18-14-17(9-10-19(18)24)33(31,32)28-16-7-5-15(6-8-16)22(30)25-12-11-21-27-26-20-4-2-1-3-13-29(20)21/h5-10,14,28H,1-4,11-13H2,(H,25,30). The van der Waals surface area contributed by atoms with Crippen LogP contribution < -0.4 is 10.0 Å². The van der Waals surface area contributed by atoms with E-state index in [9.17, 15) is 17.6 Å². The molecule has 1 aliphatic rings. The number of carbonyl (C=O) groups excluding carboxylic acids is 1. The molecule has 33 heavy (non-hydrogen) atoms. The molecule has 0 bridgehead atoms. The van der Waals surface area contributed by atoms with E-state index in [0.29, 0.717) is 18.5 Å². The monoisotopic (exact) mass is 491 g/mol. The van der Waals surface area contributed by atoms with Gasteiger partial charge >= 0.3 is 0 Å². The number of fused-ring (bicyclic) bond motifs is 1. The van der Waals surface area contributed by atoms with Gasteiger partial charge in [0.2, 0.25) is 0 Å². The first-order valence-electron chi connectivity index (χ1n) is 10.6. The van der Waals surface area contributed by atoms with Crippen LogP contribution in [0.3, 0.4) is 0 Å². The van der Waals surface area contributed by atoms with Crippen molar-refractivity contribution in [3.05, 3.63) is 70.5 Å². The van der Waals surface area contributed by atoms with Gasteiger partial charge in [-0.3, -0.25) is 9.52 Å². The zero-order chi connectivity index (χ0) is 23.4. The SMILES string of the molecule is O=C(NCCc1nnc2n1CCCCC2)c1ccc(NS(=O)(=O)c2ccc(F)c(Cl)c2)cc1. The molecular formula is C22H23ClFN5O3S. The molecule has 0 saturated heterocycles. The minimum atomic E-state index is -3.95. The largest absolute Gasteiger partial charge is 0.352 e. The summed E-state index contributed by atoms with van der Waals surface area (Å²) < 4.78 is 42.8. The maximum atomic E-state index is 13.3. The number of nitrogens with one attached hydrogen (secondary N) is 2. The Balaban J connectivity index is 1.33. The molecular weight excluding hydrogens is 469 g/mol. The molecule has 2 heterocycles. The van der Waals surface area contributed by atoms with Crippen molar-refractivity contribution in [3.63, 3.8) is 0 Å². The molecule has 2 aromatic carbocycles. The van der Waals surface area contributed by atoms with Crippen LogP contribution in [0.2, 0.25) is 5.02 Å². The summed E-state index contributed by atoms with van der Waals surface area (Å²) in [5, 5.41) is 11.1. The Morgan fingerprint density at radius 3 is 2.64 bits per heavy atom.